The molecular formula is C19H22N2O4. The molecule has 0 aliphatic heterocycles. The lowest BCUT2D eigenvalue weighted by Crippen LogP contribution is -2.37. The lowest BCUT2D eigenvalue weighted by Gasteiger charge is -2.21. The maximum Gasteiger partial charge on any atom is 0.251 e. The Morgan fingerprint density at radius 3 is 2.76 bits per heavy atom. The van der Waals surface area contributed by atoms with Gasteiger partial charge in [-0.1, -0.05) is 17.7 Å². The van der Waals surface area contributed by atoms with Gasteiger partial charge in [0, 0.05) is 30.3 Å². The molecule has 1 saturated carbocycles. The minimum atomic E-state index is -0.638. The number of carbonyl (C=O) groups excluding carboxylic acids is 1. The van der Waals surface area contributed by atoms with Gasteiger partial charge in [-0.25, -0.2) is 0 Å². The second-order valence-electron chi connectivity index (χ2n) is 6.45. The predicted octanol–water partition coefficient (Wildman–Crippen LogP) is 1.63. The number of nitrogens with one attached hydrogen (secondary N) is 2. The number of H-pyrrole nitrogens is 1. The Bertz CT molecular complexity index is 785. The largest absolute Gasteiger partial charge is 0.488 e. The molecule has 0 bridgehead atoms. The zero-order valence-electron chi connectivity index (χ0n) is 14.1. The van der Waals surface area contributed by atoms with Crippen molar-refractivity contribution >= 4 is 5.91 Å². The molecule has 1 aliphatic rings. The van der Waals surface area contributed by atoms with Crippen molar-refractivity contribution in [3.05, 3.63) is 64.1 Å². The number of hydrogen-bond donors (Lipinski definition) is 3. The van der Waals surface area contributed by atoms with Crippen LogP contribution in [0.2, 0.25) is 0 Å². The Labute approximate surface area is 145 Å². The van der Waals surface area contributed by atoms with Crippen LogP contribution in [0, 0.1) is 12.8 Å². The number of aliphatic hydroxyl groups excluding tert-OH is 1. The Morgan fingerprint density at radius 1 is 1.28 bits per heavy atom. The number of amides is 1. The van der Waals surface area contributed by atoms with Crippen LogP contribution in [0.5, 0.6) is 5.75 Å². The monoisotopic (exact) mass is 342 g/mol. The molecule has 6 nitrogen and oxygen atoms in total. The minimum Gasteiger partial charge on any atom is -0.488 e. The van der Waals surface area contributed by atoms with Gasteiger partial charge >= 0.3 is 0 Å². The summed E-state index contributed by atoms with van der Waals surface area (Å²) in [5.74, 6) is 0.352. The summed E-state index contributed by atoms with van der Waals surface area (Å²) < 4.78 is 5.87. The summed E-state index contributed by atoms with van der Waals surface area (Å²) in [5, 5.41) is 13.2. The fraction of sp³-hybridized carbons (Fsp3) is 0.368. The number of aliphatic hydroxyl groups is 1. The SMILES string of the molecule is Cc1ccc(O[C@@H]2CC[C@H](CNC(=O)c3cc[nH]c(=O)c3)[C@H]2O)cc1. The van der Waals surface area contributed by atoms with Crippen molar-refractivity contribution in [2.45, 2.75) is 32.0 Å². The first-order valence-electron chi connectivity index (χ1n) is 8.41. The first-order chi connectivity index (χ1) is 12.0. The molecule has 0 unspecified atom stereocenters. The van der Waals surface area contributed by atoms with Crippen molar-refractivity contribution in [2.75, 3.05) is 6.54 Å². The van der Waals surface area contributed by atoms with Gasteiger partial charge in [0.05, 0.1) is 6.10 Å². The summed E-state index contributed by atoms with van der Waals surface area (Å²) in [5.41, 5.74) is 1.14. The fourth-order valence-electron chi connectivity index (χ4n) is 3.08. The van der Waals surface area contributed by atoms with Crippen molar-refractivity contribution in [2.24, 2.45) is 5.92 Å². The predicted molar refractivity (Wildman–Crippen MR) is 93.7 cm³/mol. The Balaban J connectivity index is 1.53. The van der Waals surface area contributed by atoms with E-state index >= 15 is 0 Å². The zero-order chi connectivity index (χ0) is 17.8. The van der Waals surface area contributed by atoms with Gasteiger partial charge < -0.3 is 20.1 Å². The molecule has 132 valence electrons. The molecule has 1 aliphatic carbocycles. The van der Waals surface area contributed by atoms with Gasteiger partial charge in [0.2, 0.25) is 5.56 Å². The highest BCUT2D eigenvalue weighted by atomic mass is 16.5. The first-order valence-corrected chi connectivity index (χ1v) is 8.41. The third-order valence-corrected chi connectivity index (χ3v) is 4.56. The Morgan fingerprint density at radius 2 is 2.04 bits per heavy atom. The molecular weight excluding hydrogens is 320 g/mol. The van der Waals surface area contributed by atoms with Crippen molar-refractivity contribution in [3.63, 3.8) is 0 Å². The van der Waals surface area contributed by atoms with Gasteiger partial charge in [-0.2, -0.15) is 0 Å². The number of aryl methyl sites for hydroxylation is 1. The number of pyridine rings is 1. The summed E-state index contributed by atoms with van der Waals surface area (Å²) >= 11 is 0. The van der Waals surface area contributed by atoms with E-state index in [0.29, 0.717) is 12.1 Å². The second-order valence-corrected chi connectivity index (χ2v) is 6.45. The minimum absolute atomic E-state index is 0.0682. The summed E-state index contributed by atoms with van der Waals surface area (Å²) in [6.07, 6.45) is 2.03. The van der Waals surface area contributed by atoms with Crippen LogP contribution in [0.4, 0.5) is 0 Å². The molecule has 1 aromatic carbocycles. The first kappa shape index (κ1) is 17.2. The summed E-state index contributed by atoms with van der Waals surface area (Å²) in [4.78, 5) is 25.8. The highest BCUT2D eigenvalue weighted by Crippen LogP contribution is 2.29. The third kappa shape index (κ3) is 4.28. The van der Waals surface area contributed by atoms with E-state index in [-0.39, 0.29) is 23.5 Å². The lowest BCUT2D eigenvalue weighted by molar-refractivity contribution is 0.0348. The van der Waals surface area contributed by atoms with Gasteiger partial charge in [0.1, 0.15) is 11.9 Å². The maximum absolute atomic E-state index is 12.1. The molecule has 1 heterocycles. The molecule has 25 heavy (non-hydrogen) atoms. The van der Waals surface area contributed by atoms with Gasteiger partial charge in [0.15, 0.2) is 0 Å². The fourth-order valence-corrected chi connectivity index (χ4v) is 3.08. The van der Waals surface area contributed by atoms with Crippen LogP contribution in [-0.2, 0) is 0 Å². The van der Waals surface area contributed by atoms with E-state index in [1.807, 2.05) is 31.2 Å². The number of carbonyl (C=O) groups is 1. The zero-order valence-corrected chi connectivity index (χ0v) is 14.1. The van der Waals surface area contributed by atoms with Gasteiger partial charge in [-0.05, 0) is 38.0 Å². The number of benzene rings is 1. The number of ether oxygens (including phenoxy) is 1. The van der Waals surface area contributed by atoms with Crippen molar-refractivity contribution < 1.29 is 14.6 Å². The van der Waals surface area contributed by atoms with Crippen molar-refractivity contribution in [3.8, 4) is 5.75 Å². The summed E-state index contributed by atoms with van der Waals surface area (Å²) in [6, 6.07) is 10.5. The molecule has 3 rings (SSSR count). The molecule has 1 aromatic heterocycles. The molecule has 1 fully saturated rings. The molecule has 3 atom stereocenters. The van der Waals surface area contributed by atoms with Crippen molar-refractivity contribution in [1.82, 2.24) is 10.3 Å². The topological polar surface area (TPSA) is 91.4 Å². The van der Waals surface area contributed by atoms with E-state index in [1.165, 1.54) is 12.3 Å². The Kier molecular flexibility index (Phi) is 5.19. The third-order valence-electron chi connectivity index (χ3n) is 4.56. The van der Waals surface area contributed by atoms with Crippen LogP contribution < -0.4 is 15.6 Å². The van der Waals surface area contributed by atoms with Gasteiger partial charge in [0.25, 0.3) is 5.91 Å². The van der Waals surface area contributed by atoms with Gasteiger partial charge in [-0.15, -0.1) is 0 Å². The van der Waals surface area contributed by atoms with E-state index < -0.39 is 6.10 Å². The molecule has 0 radical (unpaired) electrons. The molecule has 0 spiro atoms. The number of aromatic nitrogens is 1. The quantitative estimate of drug-likeness (QED) is 0.770. The number of aromatic amines is 1. The van der Waals surface area contributed by atoms with Crippen LogP contribution in [0.15, 0.2) is 47.4 Å². The molecule has 3 N–H and O–H groups in total. The standard InChI is InChI=1S/C19H22N2O4/c1-12-2-5-15(6-3-12)25-16-7-4-14(18(16)23)11-21-19(24)13-8-9-20-17(22)10-13/h2-3,5-6,8-10,14,16,18,23H,4,7,11H2,1H3,(H,20,22)(H,21,24)/t14-,16-,18-/m1/s1. The van der Waals surface area contributed by atoms with Crippen LogP contribution >= 0.6 is 0 Å². The van der Waals surface area contributed by atoms with Crippen LogP contribution in [-0.4, -0.2) is 34.8 Å². The smallest absolute Gasteiger partial charge is 0.251 e. The number of hydrogen-bond acceptors (Lipinski definition) is 4. The Hall–Kier alpha value is -2.60. The van der Waals surface area contributed by atoms with Crippen LogP contribution in [0.3, 0.4) is 0 Å². The van der Waals surface area contributed by atoms with Crippen molar-refractivity contribution in [1.29, 1.82) is 0 Å². The van der Waals surface area contributed by atoms with E-state index in [0.717, 1.165) is 24.2 Å². The van der Waals surface area contributed by atoms with E-state index in [1.54, 1.807) is 6.07 Å². The van der Waals surface area contributed by atoms with Crippen LogP contribution in [0.25, 0.3) is 0 Å². The molecule has 1 amide bonds. The normalized spacial score (nSPS) is 22.6. The van der Waals surface area contributed by atoms with E-state index in [2.05, 4.69) is 10.3 Å². The van der Waals surface area contributed by atoms with E-state index in [9.17, 15) is 14.7 Å². The second kappa shape index (κ2) is 7.53. The number of rotatable bonds is 5. The molecule has 0 saturated heterocycles. The highest BCUT2D eigenvalue weighted by Gasteiger charge is 2.36. The molecule has 2 aromatic rings. The van der Waals surface area contributed by atoms with Crippen LogP contribution in [0.1, 0.15) is 28.8 Å². The average Bonchev–Trinajstić information content (AvgIpc) is 2.95. The summed E-state index contributed by atoms with van der Waals surface area (Å²) in [7, 11) is 0. The maximum atomic E-state index is 12.1. The average molecular weight is 342 g/mol. The lowest BCUT2D eigenvalue weighted by atomic mass is 10.1. The highest BCUT2D eigenvalue weighted by molar-refractivity contribution is 5.93. The van der Waals surface area contributed by atoms with Gasteiger partial charge in [-0.3, -0.25) is 9.59 Å². The summed E-state index contributed by atoms with van der Waals surface area (Å²) in [6.45, 7) is 2.36. The molecule has 6 heteroatoms. The van der Waals surface area contributed by atoms with E-state index in [4.69, 9.17) is 4.74 Å².